The monoisotopic (exact) mass is 285 g/mol. The first-order valence-corrected chi connectivity index (χ1v) is 7.41. The Hall–Kier alpha value is -1.14. The van der Waals surface area contributed by atoms with Crippen LogP contribution in [0.15, 0.2) is 0 Å². The molecule has 1 saturated carbocycles. The molecule has 1 atom stereocenters. The van der Waals surface area contributed by atoms with Gasteiger partial charge in [0.05, 0.1) is 19.2 Å². The first kappa shape index (κ1) is 16.9. The summed E-state index contributed by atoms with van der Waals surface area (Å²) in [6.07, 6.45) is 4.19. The Kier molecular flexibility index (Phi) is 6.95. The van der Waals surface area contributed by atoms with Crippen LogP contribution in [0.25, 0.3) is 0 Å². The van der Waals surface area contributed by atoms with E-state index in [1.165, 1.54) is 0 Å². The fourth-order valence-corrected chi connectivity index (χ4v) is 2.52. The van der Waals surface area contributed by atoms with Crippen LogP contribution in [0.4, 0.5) is 0 Å². The van der Waals surface area contributed by atoms with Crippen LogP contribution in [0.3, 0.4) is 0 Å². The Labute approximate surface area is 120 Å². The minimum Gasteiger partial charge on any atom is -0.395 e. The Morgan fingerprint density at radius 2 is 1.95 bits per heavy atom. The van der Waals surface area contributed by atoms with Gasteiger partial charge in [-0.2, -0.15) is 0 Å². The molecule has 0 radical (unpaired) electrons. The molecule has 0 saturated heterocycles. The molecule has 0 aromatic carbocycles. The Bertz CT molecular complexity index is 328. The second kappa shape index (κ2) is 8.21. The second-order valence-corrected chi connectivity index (χ2v) is 5.74. The molecule has 116 valence electrons. The molecule has 6 nitrogen and oxygen atoms in total. The number of nitrogens with two attached hydrogens (primary N) is 1. The lowest BCUT2D eigenvalue weighted by molar-refractivity contribution is -0.135. The number of rotatable bonds is 7. The summed E-state index contributed by atoms with van der Waals surface area (Å²) in [6, 6.07) is -0.397. The third-order valence-corrected chi connectivity index (χ3v) is 3.86. The molecule has 0 unspecified atom stereocenters. The average Bonchev–Trinajstić information content (AvgIpc) is 2.94. The number of carbonyl (C=O) groups is 2. The van der Waals surface area contributed by atoms with Crippen molar-refractivity contribution in [3.05, 3.63) is 0 Å². The predicted octanol–water partition coefficient (Wildman–Crippen LogP) is -0.151. The topological polar surface area (TPSA) is 95.7 Å². The van der Waals surface area contributed by atoms with Gasteiger partial charge in [0.2, 0.25) is 11.8 Å². The predicted molar refractivity (Wildman–Crippen MR) is 76.9 cm³/mol. The maximum Gasteiger partial charge on any atom is 0.242 e. The lowest BCUT2D eigenvalue weighted by Crippen LogP contribution is -2.50. The molecule has 0 aliphatic heterocycles. The van der Waals surface area contributed by atoms with Crippen molar-refractivity contribution in [1.82, 2.24) is 10.2 Å². The summed E-state index contributed by atoms with van der Waals surface area (Å²) in [5.74, 6) is -0.410. The molecule has 0 bridgehead atoms. The van der Waals surface area contributed by atoms with Gasteiger partial charge in [-0.05, 0) is 18.8 Å². The van der Waals surface area contributed by atoms with Crippen LogP contribution in [0.2, 0.25) is 0 Å². The molecule has 0 aromatic rings. The third-order valence-electron chi connectivity index (χ3n) is 3.86. The average molecular weight is 285 g/mol. The SMILES string of the molecule is CC(C)[C@H](N)C(=O)NCC(=O)N(CCO)C1CCCC1. The zero-order chi connectivity index (χ0) is 15.1. The van der Waals surface area contributed by atoms with E-state index in [2.05, 4.69) is 5.32 Å². The van der Waals surface area contributed by atoms with E-state index in [-0.39, 0.29) is 36.9 Å². The van der Waals surface area contributed by atoms with Crippen LogP contribution < -0.4 is 11.1 Å². The zero-order valence-electron chi connectivity index (χ0n) is 12.5. The lowest BCUT2D eigenvalue weighted by Gasteiger charge is -2.28. The Morgan fingerprint density at radius 3 is 2.45 bits per heavy atom. The summed E-state index contributed by atoms with van der Waals surface area (Å²) >= 11 is 0. The van der Waals surface area contributed by atoms with Crippen molar-refractivity contribution in [2.24, 2.45) is 11.7 Å². The molecule has 0 aromatic heterocycles. The highest BCUT2D eigenvalue weighted by molar-refractivity contribution is 5.87. The van der Waals surface area contributed by atoms with Crippen LogP contribution in [-0.4, -0.2) is 53.6 Å². The minimum atomic E-state index is -0.597. The fraction of sp³-hybridized carbons (Fsp3) is 0.857. The van der Waals surface area contributed by atoms with Crippen molar-refractivity contribution in [1.29, 1.82) is 0 Å². The molecule has 1 fully saturated rings. The normalized spacial score (nSPS) is 17.2. The van der Waals surface area contributed by atoms with E-state index in [1.807, 2.05) is 13.8 Å². The highest BCUT2D eigenvalue weighted by Gasteiger charge is 2.26. The molecular weight excluding hydrogens is 258 g/mol. The Morgan fingerprint density at radius 1 is 1.35 bits per heavy atom. The van der Waals surface area contributed by atoms with E-state index >= 15 is 0 Å². The quantitative estimate of drug-likeness (QED) is 0.606. The van der Waals surface area contributed by atoms with Gasteiger partial charge in [0.15, 0.2) is 0 Å². The van der Waals surface area contributed by atoms with Crippen molar-refractivity contribution >= 4 is 11.8 Å². The molecule has 0 spiro atoms. The largest absolute Gasteiger partial charge is 0.395 e. The summed E-state index contributed by atoms with van der Waals surface area (Å²) < 4.78 is 0. The van der Waals surface area contributed by atoms with Crippen LogP contribution in [0.1, 0.15) is 39.5 Å². The summed E-state index contributed by atoms with van der Waals surface area (Å²) in [7, 11) is 0. The van der Waals surface area contributed by atoms with Gasteiger partial charge in [0, 0.05) is 12.6 Å². The maximum atomic E-state index is 12.2. The summed E-state index contributed by atoms with van der Waals surface area (Å²) in [5.41, 5.74) is 5.73. The smallest absolute Gasteiger partial charge is 0.242 e. The van der Waals surface area contributed by atoms with E-state index in [0.29, 0.717) is 6.54 Å². The molecule has 6 heteroatoms. The first-order chi connectivity index (χ1) is 9.47. The summed E-state index contributed by atoms with van der Waals surface area (Å²) in [5, 5.41) is 11.7. The standard InChI is InChI=1S/C14H27N3O3/c1-10(2)13(15)14(20)16-9-12(19)17(7-8-18)11-5-3-4-6-11/h10-11,13,18H,3-9,15H2,1-2H3,(H,16,20)/t13-/m0/s1. The van der Waals surface area contributed by atoms with Crippen molar-refractivity contribution in [3.63, 3.8) is 0 Å². The summed E-state index contributed by atoms with van der Waals surface area (Å²) in [6.45, 7) is 3.96. The van der Waals surface area contributed by atoms with Crippen molar-refractivity contribution in [2.75, 3.05) is 19.7 Å². The van der Waals surface area contributed by atoms with E-state index in [4.69, 9.17) is 10.8 Å². The minimum absolute atomic E-state index is 0.0356. The van der Waals surface area contributed by atoms with E-state index < -0.39 is 6.04 Å². The zero-order valence-corrected chi connectivity index (χ0v) is 12.5. The number of hydrogen-bond donors (Lipinski definition) is 3. The molecule has 0 heterocycles. The number of nitrogens with zero attached hydrogens (tertiary/aromatic N) is 1. The van der Waals surface area contributed by atoms with Crippen molar-refractivity contribution in [2.45, 2.75) is 51.6 Å². The van der Waals surface area contributed by atoms with Crippen LogP contribution in [0, 0.1) is 5.92 Å². The van der Waals surface area contributed by atoms with E-state index in [9.17, 15) is 9.59 Å². The number of hydrogen-bond acceptors (Lipinski definition) is 4. The molecular formula is C14H27N3O3. The molecule has 1 aliphatic carbocycles. The van der Waals surface area contributed by atoms with Gasteiger partial charge in [-0.15, -0.1) is 0 Å². The number of carbonyl (C=O) groups excluding carboxylic acids is 2. The highest BCUT2D eigenvalue weighted by atomic mass is 16.3. The number of aliphatic hydroxyl groups is 1. The van der Waals surface area contributed by atoms with Crippen LogP contribution >= 0.6 is 0 Å². The third kappa shape index (κ3) is 4.76. The van der Waals surface area contributed by atoms with Gasteiger partial charge in [-0.1, -0.05) is 26.7 Å². The lowest BCUT2D eigenvalue weighted by atomic mass is 10.1. The van der Waals surface area contributed by atoms with Gasteiger partial charge in [-0.25, -0.2) is 0 Å². The number of amides is 2. The van der Waals surface area contributed by atoms with Gasteiger partial charge < -0.3 is 21.1 Å². The molecule has 20 heavy (non-hydrogen) atoms. The number of aliphatic hydroxyl groups excluding tert-OH is 1. The Balaban J connectivity index is 2.47. The van der Waals surface area contributed by atoms with Crippen LogP contribution in [-0.2, 0) is 9.59 Å². The van der Waals surface area contributed by atoms with Gasteiger partial charge in [0.25, 0.3) is 0 Å². The molecule has 1 rings (SSSR count). The van der Waals surface area contributed by atoms with E-state index in [0.717, 1.165) is 25.7 Å². The molecule has 2 amide bonds. The fourth-order valence-electron chi connectivity index (χ4n) is 2.52. The summed E-state index contributed by atoms with van der Waals surface area (Å²) in [4.78, 5) is 25.6. The first-order valence-electron chi connectivity index (χ1n) is 7.41. The molecule has 1 aliphatic rings. The maximum absolute atomic E-state index is 12.2. The van der Waals surface area contributed by atoms with Gasteiger partial charge in [0.1, 0.15) is 0 Å². The van der Waals surface area contributed by atoms with Crippen LogP contribution in [0.5, 0.6) is 0 Å². The van der Waals surface area contributed by atoms with E-state index in [1.54, 1.807) is 4.90 Å². The van der Waals surface area contributed by atoms with Crippen molar-refractivity contribution in [3.8, 4) is 0 Å². The second-order valence-electron chi connectivity index (χ2n) is 5.74. The molecule has 4 N–H and O–H groups in total. The highest BCUT2D eigenvalue weighted by Crippen LogP contribution is 2.23. The van der Waals surface area contributed by atoms with Gasteiger partial charge >= 0.3 is 0 Å². The number of nitrogens with one attached hydrogen (secondary N) is 1. The van der Waals surface area contributed by atoms with Crippen molar-refractivity contribution < 1.29 is 14.7 Å². The van der Waals surface area contributed by atoms with Gasteiger partial charge in [-0.3, -0.25) is 9.59 Å².